The van der Waals surface area contributed by atoms with Gasteiger partial charge < -0.3 is 4.90 Å². The molecule has 1 aliphatic carbocycles. The minimum absolute atomic E-state index is 0.491. The number of nitrogens with zero attached hydrogens (tertiary/aromatic N) is 1. The first-order chi connectivity index (χ1) is 5.00. The van der Waals surface area contributed by atoms with Crippen molar-refractivity contribution in [2.45, 2.75) is 33.2 Å². The van der Waals surface area contributed by atoms with Gasteiger partial charge in [-0.3, -0.25) is 0 Å². The van der Waals surface area contributed by atoms with Crippen LogP contribution in [0.25, 0.3) is 0 Å². The van der Waals surface area contributed by atoms with E-state index < -0.39 is 0 Å². The highest BCUT2D eigenvalue weighted by atomic mass is 15.2. The van der Waals surface area contributed by atoms with Gasteiger partial charge in [0.25, 0.3) is 0 Å². The molecule has 2 fully saturated rings. The number of rotatable bonds is 0. The molecule has 3 unspecified atom stereocenters. The van der Waals surface area contributed by atoms with Gasteiger partial charge in [-0.15, -0.1) is 0 Å². The summed E-state index contributed by atoms with van der Waals surface area (Å²) in [6.45, 7) is 8.46. The summed E-state index contributed by atoms with van der Waals surface area (Å²) in [7, 11) is 2.28. The summed E-state index contributed by atoms with van der Waals surface area (Å²) < 4.78 is 0. The Labute approximate surface area is 69.8 Å². The lowest BCUT2D eigenvalue weighted by Crippen LogP contribution is -2.39. The maximum Gasteiger partial charge on any atom is 0.0172 e. The molecule has 1 saturated heterocycles. The van der Waals surface area contributed by atoms with Crippen LogP contribution < -0.4 is 0 Å². The van der Waals surface area contributed by atoms with Crippen LogP contribution in [0.2, 0.25) is 0 Å². The maximum absolute atomic E-state index is 2.55. The van der Waals surface area contributed by atoms with Gasteiger partial charge in [-0.05, 0) is 30.7 Å². The van der Waals surface area contributed by atoms with E-state index in [9.17, 15) is 0 Å². The Morgan fingerprint density at radius 2 is 1.91 bits per heavy atom. The molecule has 0 amide bonds. The van der Waals surface area contributed by atoms with Crippen LogP contribution >= 0.6 is 0 Å². The normalized spacial score (nSPS) is 44.2. The Morgan fingerprint density at radius 3 is 2.18 bits per heavy atom. The molecule has 1 heterocycles. The van der Waals surface area contributed by atoms with Crippen LogP contribution in [-0.2, 0) is 0 Å². The predicted octanol–water partition coefficient (Wildman–Crippen LogP) is 1.98. The Balaban J connectivity index is 2.12. The van der Waals surface area contributed by atoms with Crippen LogP contribution in [0, 0.1) is 17.3 Å². The molecule has 1 heteroatoms. The molecule has 2 aliphatic rings. The first kappa shape index (κ1) is 7.60. The molecule has 0 spiro atoms. The van der Waals surface area contributed by atoms with Gasteiger partial charge in [0.15, 0.2) is 0 Å². The number of hydrogen-bond donors (Lipinski definition) is 0. The fraction of sp³-hybridized carbons (Fsp3) is 1.00. The molecule has 0 aromatic carbocycles. The van der Waals surface area contributed by atoms with E-state index in [-0.39, 0.29) is 0 Å². The Hall–Kier alpha value is -0.0400. The third kappa shape index (κ3) is 1.10. The van der Waals surface area contributed by atoms with E-state index in [1.165, 1.54) is 13.0 Å². The summed E-state index contributed by atoms with van der Waals surface area (Å²) in [4.78, 5) is 2.55. The van der Waals surface area contributed by atoms with Gasteiger partial charge in [0.2, 0.25) is 0 Å². The SMILES string of the molecule is CN1CC2CC2C1C(C)(C)C. The molecule has 0 aromatic heterocycles. The van der Waals surface area contributed by atoms with E-state index in [1.807, 2.05) is 0 Å². The molecule has 0 N–H and O–H groups in total. The molecule has 0 radical (unpaired) electrons. The van der Waals surface area contributed by atoms with Crippen LogP contribution in [-0.4, -0.2) is 24.5 Å². The molecular formula is C10H19N. The molecule has 64 valence electrons. The zero-order valence-corrected chi connectivity index (χ0v) is 8.09. The van der Waals surface area contributed by atoms with Crippen LogP contribution in [0.15, 0.2) is 0 Å². The smallest absolute Gasteiger partial charge is 0.0172 e. The summed E-state index contributed by atoms with van der Waals surface area (Å²) in [5.41, 5.74) is 0.491. The van der Waals surface area contributed by atoms with Gasteiger partial charge in [0, 0.05) is 12.6 Å². The second kappa shape index (κ2) is 2.01. The topological polar surface area (TPSA) is 3.24 Å². The highest BCUT2D eigenvalue weighted by molar-refractivity contribution is 5.06. The summed E-state index contributed by atoms with van der Waals surface area (Å²) in [5.74, 6) is 2.10. The molecular weight excluding hydrogens is 134 g/mol. The zero-order valence-electron chi connectivity index (χ0n) is 8.09. The van der Waals surface area contributed by atoms with Gasteiger partial charge in [-0.2, -0.15) is 0 Å². The first-order valence-corrected chi connectivity index (χ1v) is 4.70. The van der Waals surface area contributed by atoms with Gasteiger partial charge in [-0.25, -0.2) is 0 Å². The molecule has 1 saturated carbocycles. The van der Waals surface area contributed by atoms with Crippen LogP contribution in [0.5, 0.6) is 0 Å². The maximum atomic E-state index is 2.55. The molecule has 1 aliphatic heterocycles. The quantitative estimate of drug-likeness (QED) is 0.514. The van der Waals surface area contributed by atoms with Gasteiger partial charge in [0.05, 0.1) is 0 Å². The average Bonchev–Trinajstić information content (AvgIpc) is 2.38. The summed E-state index contributed by atoms with van der Waals surface area (Å²) in [5, 5.41) is 0. The van der Waals surface area contributed by atoms with Crippen LogP contribution in [0.1, 0.15) is 27.2 Å². The third-order valence-corrected chi connectivity index (χ3v) is 3.27. The monoisotopic (exact) mass is 153 g/mol. The van der Waals surface area contributed by atoms with Crippen molar-refractivity contribution in [3.8, 4) is 0 Å². The van der Waals surface area contributed by atoms with Crippen molar-refractivity contribution >= 4 is 0 Å². The van der Waals surface area contributed by atoms with Gasteiger partial charge in [-0.1, -0.05) is 20.8 Å². The number of hydrogen-bond acceptors (Lipinski definition) is 1. The highest BCUT2D eigenvalue weighted by Crippen LogP contribution is 2.53. The van der Waals surface area contributed by atoms with E-state index in [2.05, 4.69) is 32.7 Å². The fourth-order valence-electron chi connectivity index (χ4n) is 2.98. The Morgan fingerprint density at radius 1 is 1.27 bits per heavy atom. The number of fused-ring (bicyclic) bond motifs is 1. The third-order valence-electron chi connectivity index (χ3n) is 3.27. The summed E-state index contributed by atoms with van der Waals surface area (Å²) in [6, 6.07) is 0.854. The molecule has 0 bridgehead atoms. The average molecular weight is 153 g/mol. The zero-order chi connectivity index (χ0) is 8.22. The first-order valence-electron chi connectivity index (χ1n) is 4.70. The van der Waals surface area contributed by atoms with Crippen molar-refractivity contribution in [2.75, 3.05) is 13.6 Å². The van der Waals surface area contributed by atoms with E-state index >= 15 is 0 Å². The minimum Gasteiger partial charge on any atom is -0.302 e. The largest absolute Gasteiger partial charge is 0.302 e. The number of likely N-dealkylation sites (tertiary alicyclic amines) is 1. The molecule has 0 aromatic rings. The van der Waals surface area contributed by atoms with E-state index in [1.54, 1.807) is 0 Å². The minimum atomic E-state index is 0.491. The van der Waals surface area contributed by atoms with Gasteiger partial charge in [0.1, 0.15) is 0 Å². The second-order valence-corrected chi connectivity index (χ2v) is 5.41. The van der Waals surface area contributed by atoms with Crippen LogP contribution in [0.4, 0.5) is 0 Å². The Kier molecular flexibility index (Phi) is 1.39. The van der Waals surface area contributed by atoms with Crippen molar-refractivity contribution in [3.63, 3.8) is 0 Å². The lowest BCUT2D eigenvalue weighted by Gasteiger charge is -2.34. The van der Waals surface area contributed by atoms with Crippen molar-refractivity contribution in [1.29, 1.82) is 0 Å². The molecule has 11 heavy (non-hydrogen) atoms. The predicted molar refractivity (Wildman–Crippen MR) is 47.5 cm³/mol. The van der Waals surface area contributed by atoms with E-state index in [4.69, 9.17) is 0 Å². The summed E-state index contributed by atoms with van der Waals surface area (Å²) in [6.07, 6.45) is 1.51. The van der Waals surface area contributed by atoms with E-state index in [0.717, 1.165) is 17.9 Å². The lowest BCUT2D eigenvalue weighted by atomic mass is 9.84. The van der Waals surface area contributed by atoms with Crippen molar-refractivity contribution in [3.05, 3.63) is 0 Å². The van der Waals surface area contributed by atoms with E-state index in [0.29, 0.717) is 5.41 Å². The Bertz CT molecular complexity index is 166. The number of piperidine rings is 1. The van der Waals surface area contributed by atoms with Crippen molar-refractivity contribution < 1.29 is 0 Å². The highest BCUT2D eigenvalue weighted by Gasteiger charge is 2.54. The van der Waals surface area contributed by atoms with Crippen molar-refractivity contribution in [2.24, 2.45) is 17.3 Å². The molecule has 2 rings (SSSR count). The van der Waals surface area contributed by atoms with Gasteiger partial charge >= 0.3 is 0 Å². The van der Waals surface area contributed by atoms with Crippen molar-refractivity contribution in [1.82, 2.24) is 4.90 Å². The lowest BCUT2D eigenvalue weighted by molar-refractivity contribution is 0.141. The standard InChI is InChI=1S/C10H19N/c1-10(2,3)9-8-5-7(8)6-11(9)4/h7-9H,5-6H2,1-4H3. The molecule has 1 nitrogen and oxygen atoms in total. The van der Waals surface area contributed by atoms with Crippen LogP contribution in [0.3, 0.4) is 0 Å². The fourth-order valence-corrected chi connectivity index (χ4v) is 2.98. The summed E-state index contributed by atoms with van der Waals surface area (Å²) >= 11 is 0. The second-order valence-electron chi connectivity index (χ2n) is 5.41. The molecule has 3 atom stereocenters.